The second-order valence-corrected chi connectivity index (χ2v) is 9.03. The van der Waals surface area contributed by atoms with E-state index in [2.05, 4.69) is 63.5 Å². The lowest BCUT2D eigenvalue weighted by Gasteiger charge is -2.15. The van der Waals surface area contributed by atoms with Crippen LogP contribution in [-0.2, 0) is 13.1 Å². The van der Waals surface area contributed by atoms with Gasteiger partial charge in [0.05, 0.1) is 5.56 Å². The monoisotopic (exact) mass is 463 g/mol. The molecule has 0 aliphatic carbocycles. The van der Waals surface area contributed by atoms with E-state index in [4.69, 9.17) is 4.52 Å². The number of fused-ring (bicyclic) bond motifs is 1. The molecule has 3 aromatic carbocycles. The highest BCUT2D eigenvalue weighted by Gasteiger charge is 2.18. The summed E-state index contributed by atoms with van der Waals surface area (Å²) < 4.78 is 24.1. The Morgan fingerprint density at radius 3 is 2.46 bits per heavy atom. The van der Waals surface area contributed by atoms with E-state index in [1.54, 1.807) is 6.07 Å². The Kier molecular flexibility index (Phi) is 5.14. The molecule has 3 heterocycles. The van der Waals surface area contributed by atoms with Gasteiger partial charge in [-0.25, -0.2) is 4.39 Å². The van der Waals surface area contributed by atoms with Crippen molar-refractivity contribution in [1.82, 2.24) is 19.3 Å². The van der Waals surface area contributed by atoms with Crippen LogP contribution in [0.2, 0.25) is 0 Å². The molecule has 0 saturated heterocycles. The van der Waals surface area contributed by atoms with Gasteiger partial charge in [0.25, 0.3) is 5.89 Å². The number of hydrogen-bond donors (Lipinski definition) is 0. The number of aromatic nitrogens is 4. The van der Waals surface area contributed by atoms with Crippen LogP contribution in [0.5, 0.6) is 0 Å². The Labute approximate surface area is 202 Å². The number of benzene rings is 3. The third kappa shape index (κ3) is 4.08. The molecular formula is C29H24FN4O-. The van der Waals surface area contributed by atoms with Crippen molar-refractivity contribution < 1.29 is 8.91 Å². The first-order valence-corrected chi connectivity index (χ1v) is 11.6. The maximum Gasteiger partial charge on any atom is 0.260 e. The molecule has 35 heavy (non-hydrogen) atoms. The maximum atomic E-state index is 14.2. The molecule has 6 rings (SSSR count). The molecule has 0 spiro atoms. The van der Waals surface area contributed by atoms with Crippen molar-refractivity contribution in [3.8, 4) is 22.8 Å². The fourth-order valence-corrected chi connectivity index (χ4v) is 4.40. The van der Waals surface area contributed by atoms with Gasteiger partial charge in [-0.3, -0.25) is 0 Å². The van der Waals surface area contributed by atoms with Crippen molar-refractivity contribution in [3.63, 3.8) is 0 Å². The van der Waals surface area contributed by atoms with Crippen molar-refractivity contribution in [2.75, 3.05) is 0 Å². The quantitative estimate of drug-likeness (QED) is 0.257. The molecule has 0 aliphatic heterocycles. The predicted octanol–water partition coefficient (Wildman–Crippen LogP) is 6.73. The predicted molar refractivity (Wildman–Crippen MR) is 135 cm³/mol. The van der Waals surface area contributed by atoms with Crippen LogP contribution in [0.4, 0.5) is 4.39 Å². The molecule has 0 amide bonds. The third-order valence-corrected chi connectivity index (χ3v) is 6.56. The van der Waals surface area contributed by atoms with Crippen LogP contribution in [0, 0.1) is 19.7 Å². The van der Waals surface area contributed by atoms with Gasteiger partial charge in [-0.2, -0.15) is 4.98 Å². The van der Waals surface area contributed by atoms with Crippen LogP contribution in [0.15, 0.2) is 89.8 Å². The van der Waals surface area contributed by atoms with Crippen molar-refractivity contribution in [2.24, 2.45) is 0 Å². The van der Waals surface area contributed by atoms with Crippen molar-refractivity contribution in [3.05, 3.63) is 113 Å². The first-order chi connectivity index (χ1) is 17.0. The highest BCUT2D eigenvalue weighted by atomic mass is 19.1. The summed E-state index contributed by atoms with van der Waals surface area (Å²) in [6.07, 6.45) is 6.05. The van der Waals surface area contributed by atoms with E-state index < -0.39 is 0 Å². The molecule has 6 aromatic rings. The molecule has 0 N–H and O–H groups in total. The van der Waals surface area contributed by atoms with E-state index in [0.717, 1.165) is 28.6 Å². The Balaban J connectivity index is 1.34. The van der Waals surface area contributed by atoms with Gasteiger partial charge in [0, 0.05) is 35.8 Å². The fraction of sp³-hybridized carbons (Fsp3) is 0.138. The minimum absolute atomic E-state index is 0.299. The summed E-state index contributed by atoms with van der Waals surface area (Å²) >= 11 is 0. The number of nitrogens with zero attached hydrogens (tertiary/aromatic N) is 4. The molecule has 0 radical (unpaired) electrons. The van der Waals surface area contributed by atoms with E-state index in [0.29, 0.717) is 18.3 Å². The summed E-state index contributed by atoms with van der Waals surface area (Å²) in [5, 5.41) is 4.96. The van der Waals surface area contributed by atoms with Crippen molar-refractivity contribution in [2.45, 2.75) is 26.9 Å². The molecule has 0 bridgehead atoms. The topological polar surface area (TPSA) is 48.8 Å². The van der Waals surface area contributed by atoms with Gasteiger partial charge < -0.3 is 13.7 Å². The first-order valence-electron chi connectivity index (χ1n) is 11.6. The maximum absolute atomic E-state index is 14.2. The molecule has 174 valence electrons. The van der Waals surface area contributed by atoms with Gasteiger partial charge in [0.1, 0.15) is 5.82 Å². The smallest absolute Gasteiger partial charge is 0.260 e. The van der Waals surface area contributed by atoms with Crippen LogP contribution >= 0.6 is 0 Å². The molecule has 5 nitrogen and oxygen atoms in total. The van der Waals surface area contributed by atoms with Crippen molar-refractivity contribution in [1.29, 1.82) is 0 Å². The molecule has 0 fully saturated rings. The Bertz CT molecular complexity index is 1620. The van der Waals surface area contributed by atoms with Gasteiger partial charge >= 0.3 is 0 Å². The van der Waals surface area contributed by atoms with E-state index in [9.17, 15) is 4.39 Å². The summed E-state index contributed by atoms with van der Waals surface area (Å²) in [6.45, 7) is 5.71. The molecule has 3 aromatic heterocycles. The van der Waals surface area contributed by atoms with E-state index in [-0.39, 0.29) is 5.82 Å². The van der Waals surface area contributed by atoms with Gasteiger partial charge in [-0.1, -0.05) is 47.6 Å². The average Bonchev–Trinajstić information content (AvgIpc) is 3.44. The third-order valence-electron chi connectivity index (χ3n) is 6.56. The minimum Gasteiger partial charge on any atom is -0.455 e. The number of aryl methyl sites for hydroxylation is 2. The lowest BCUT2D eigenvalue weighted by Crippen LogP contribution is -2.01. The summed E-state index contributed by atoms with van der Waals surface area (Å²) in [5.41, 5.74) is 7.39. The van der Waals surface area contributed by atoms with Crippen LogP contribution < -0.4 is 0 Å². The average molecular weight is 464 g/mol. The zero-order valence-electron chi connectivity index (χ0n) is 19.6. The zero-order chi connectivity index (χ0) is 23.9. The van der Waals surface area contributed by atoms with Gasteiger partial charge in [-0.05, 0) is 54.3 Å². The fourth-order valence-electron chi connectivity index (χ4n) is 4.40. The second kappa shape index (κ2) is 8.47. The Hall–Kier alpha value is -4.32. The van der Waals surface area contributed by atoms with E-state index in [1.807, 2.05) is 36.8 Å². The summed E-state index contributed by atoms with van der Waals surface area (Å²) in [6, 6.07) is 21.4. The molecule has 0 atom stereocenters. The first kappa shape index (κ1) is 21.2. The van der Waals surface area contributed by atoms with Gasteiger partial charge in [0.2, 0.25) is 5.82 Å². The van der Waals surface area contributed by atoms with Gasteiger partial charge in [0.15, 0.2) is 0 Å². The van der Waals surface area contributed by atoms with Crippen molar-refractivity contribution >= 4 is 10.9 Å². The highest BCUT2D eigenvalue weighted by Crippen LogP contribution is 2.32. The minimum atomic E-state index is -0.299. The van der Waals surface area contributed by atoms with Gasteiger partial charge in [-0.15, -0.1) is 18.5 Å². The summed E-state index contributed by atoms with van der Waals surface area (Å²) in [7, 11) is 0. The highest BCUT2D eigenvalue weighted by molar-refractivity contribution is 5.94. The Morgan fingerprint density at radius 2 is 1.71 bits per heavy atom. The number of rotatable bonds is 6. The zero-order valence-corrected chi connectivity index (χ0v) is 19.6. The Morgan fingerprint density at radius 1 is 0.914 bits per heavy atom. The van der Waals surface area contributed by atoms with Crippen LogP contribution in [0.1, 0.15) is 22.3 Å². The summed E-state index contributed by atoms with van der Waals surface area (Å²) in [4.78, 5) is 4.65. The van der Waals surface area contributed by atoms with Crippen LogP contribution in [0.25, 0.3) is 33.7 Å². The van der Waals surface area contributed by atoms with Crippen LogP contribution in [0.3, 0.4) is 0 Å². The lowest BCUT2D eigenvalue weighted by atomic mass is 10.1. The lowest BCUT2D eigenvalue weighted by molar-refractivity contribution is 0.432. The molecule has 0 aliphatic rings. The normalized spacial score (nSPS) is 11.5. The van der Waals surface area contributed by atoms with E-state index in [1.165, 1.54) is 34.4 Å². The SMILES string of the molecule is Cc1ccc(Cn2cc(-c3nc(-c4ccc(Cn5cc[cH-]5)cc4)no3)c3cc(F)ccc32)cc1C. The molecular weight excluding hydrogens is 439 g/mol. The molecule has 0 unspecified atom stereocenters. The second-order valence-electron chi connectivity index (χ2n) is 9.03. The number of halogens is 1. The number of hydrogen-bond acceptors (Lipinski definition) is 3. The standard InChI is InChI=1S/C29H24FN4O/c1-19-4-5-22(14-20(19)2)17-34-18-26(25-15-24(30)10-11-27(25)34)29-31-28(32-35-29)23-8-6-21(7-9-23)16-33-12-3-13-33/h3-15,18H,16-17H2,1-2H3/q-1. The molecule has 0 saturated carbocycles. The van der Waals surface area contributed by atoms with Crippen LogP contribution in [-0.4, -0.2) is 19.3 Å². The van der Waals surface area contributed by atoms with E-state index >= 15 is 0 Å². The summed E-state index contributed by atoms with van der Waals surface area (Å²) in [5.74, 6) is 0.583. The largest absolute Gasteiger partial charge is 0.455 e. The molecule has 6 heteroatoms.